The summed E-state index contributed by atoms with van der Waals surface area (Å²) < 4.78 is 5.19. The average molecular weight is 239 g/mol. The maximum absolute atomic E-state index is 11.9. The zero-order valence-electron chi connectivity index (χ0n) is 10.2. The number of nitrogens with zero attached hydrogens (tertiary/aromatic N) is 1. The number of amidine groups is 1. The fourth-order valence-corrected chi connectivity index (χ4v) is 1.31. The third kappa shape index (κ3) is 2.77. The lowest BCUT2D eigenvalue weighted by Gasteiger charge is -2.27. The van der Waals surface area contributed by atoms with Crippen molar-refractivity contribution < 1.29 is 14.4 Å². The van der Waals surface area contributed by atoms with Gasteiger partial charge in [0.25, 0.3) is 5.91 Å². The molecular weight excluding hydrogens is 222 g/mol. The van der Waals surface area contributed by atoms with Crippen molar-refractivity contribution in [3.63, 3.8) is 0 Å². The Labute approximate surface area is 99.5 Å². The minimum atomic E-state index is -0.896. The summed E-state index contributed by atoms with van der Waals surface area (Å²) in [4.78, 5) is 11.9. The van der Waals surface area contributed by atoms with Crippen LogP contribution in [0.15, 0.2) is 21.7 Å². The molecule has 0 saturated heterocycles. The van der Waals surface area contributed by atoms with Crippen LogP contribution >= 0.6 is 0 Å². The molecular formula is C11H17N3O3. The van der Waals surface area contributed by atoms with Crippen LogP contribution in [0.1, 0.15) is 36.6 Å². The Morgan fingerprint density at radius 2 is 2.29 bits per heavy atom. The normalized spacial score (nSPS) is 15.4. The number of rotatable bonds is 4. The maximum Gasteiger partial charge on any atom is 0.287 e. The first-order valence-corrected chi connectivity index (χ1v) is 5.30. The molecule has 1 atom stereocenters. The third-order valence-corrected chi connectivity index (χ3v) is 2.73. The van der Waals surface area contributed by atoms with Crippen LogP contribution in [-0.4, -0.2) is 22.5 Å². The molecule has 6 heteroatoms. The molecule has 0 aromatic carbocycles. The highest BCUT2D eigenvalue weighted by molar-refractivity contribution is 5.98. The lowest BCUT2D eigenvalue weighted by molar-refractivity contribution is 0.0895. The van der Waals surface area contributed by atoms with Crippen molar-refractivity contribution in [2.45, 2.75) is 32.7 Å². The summed E-state index contributed by atoms with van der Waals surface area (Å²) in [6, 6.07) is 3.27. The van der Waals surface area contributed by atoms with Crippen LogP contribution in [0.25, 0.3) is 0 Å². The lowest BCUT2D eigenvalue weighted by atomic mass is 9.97. The van der Waals surface area contributed by atoms with Crippen LogP contribution in [0.4, 0.5) is 0 Å². The number of carbonyl (C=O) groups is 1. The Morgan fingerprint density at radius 3 is 2.71 bits per heavy atom. The van der Waals surface area contributed by atoms with Crippen LogP contribution in [0, 0.1) is 6.92 Å². The molecule has 0 spiro atoms. The topological polar surface area (TPSA) is 101 Å². The molecule has 0 aliphatic rings. The molecule has 0 saturated carbocycles. The van der Waals surface area contributed by atoms with Gasteiger partial charge in [-0.15, -0.1) is 0 Å². The number of nitrogens with one attached hydrogen (secondary N) is 1. The molecule has 1 aromatic rings. The van der Waals surface area contributed by atoms with Gasteiger partial charge in [-0.05, 0) is 32.4 Å². The van der Waals surface area contributed by atoms with Crippen LogP contribution in [0.3, 0.4) is 0 Å². The van der Waals surface area contributed by atoms with Crippen molar-refractivity contribution in [2.75, 3.05) is 0 Å². The summed E-state index contributed by atoms with van der Waals surface area (Å²) in [6.45, 7) is 5.25. The summed E-state index contributed by atoms with van der Waals surface area (Å²) in [6.07, 6.45) is 0.494. The summed E-state index contributed by atoms with van der Waals surface area (Å²) >= 11 is 0. The molecule has 1 aromatic heterocycles. The van der Waals surface area contributed by atoms with Crippen LogP contribution in [0.2, 0.25) is 0 Å². The van der Waals surface area contributed by atoms with Crippen LogP contribution in [-0.2, 0) is 0 Å². The molecule has 6 nitrogen and oxygen atoms in total. The van der Waals surface area contributed by atoms with E-state index in [1.165, 1.54) is 0 Å². The third-order valence-electron chi connectivity index (χ3n) is 2.73. The van der Waals surface area contributed by atoms with Gasteiger partial charge in [-0.3, -0.25) is 4.79 Å². The van der Waals surface area contributed by atoms with Gasteiger partial charge in [0, 0.05) is 0 Å². The minimum absolute atomic E-state index is 0.0448. The molecule has 0 fully saturated rings. The first-order valence-electron chi connectivity index (χ1n) is 5.30. The summed E-state index contributed by atoms with van der Waals surface area (Å²) in [5, 5.41) is 14.3. The van der Waals surface area contributed by atoms with E-state index in [-0.39, 0.29) is 11.6 Å². The molecule has 17 heavy (non-hydrogen) atoms. The quantitative estimate of drug-likeness (QED) is 0.318. The molecule has 1 amide bonds. The fourth-order valence-electron chi connectivity index (χ4n) is 1.31. The summed E-state index contributed by atoms with van der Waals surface area (Å²) in [5.41, 5.74) is 4.65. The second kappa shape index (κ2) is 4.90. The number of furan rings is 1. The molecule has 1 unspecified atom stereocenters. The van der Waals surface area contributed by atoms with Crippen molar-refractivity contribution in [1.29, 1.82) is 0 Å². The Morgan fingerprint density at radius 1 is 1.65 bits per heavy atom. The van der Waals surface area contributed by atoms with E-state index in [0.717, 1.165) is 0 Å². The summed E-state index contributed by atoms with van der Waals surface area (Å²) in [7, 11) is 0. The van der Waals surface area contributed by atoms with E-state index >= 15 is 0 Å². The van der Waals surface area contributed by atoms with Gasteiger partial charge in [-0.25, -0.2) is 0 Å². The highest BCUT2D eigenvalue weighted by atomic mass is 16.4. The molecule has 0 radical (unpaired) electrons. The lowest BCUT2D eigenvalue weighted by Crippen LogP contribution is -2.55. The van der Waals surface area contributed by atoms with Crippen molar-refractivity contribution in [2.24, 2.45) is 10.9 Å². The number of carbonyl (C=O) groups excluding carboxylic acids is 1. The standard InChI is InChI=1S/C11H17N3O3/c1-4-11(3,10(12)14-16)13-9(15)8-6-5-7(2)17-8/h5-6,16H,4H2,1-3H3,(H2,12,14)(H,13,15). The molecule has 0 aliphatic heterocycles. The number of amides is 1. The van der Waals surface area contributed by atoms with E-state index in [4.69, 9.17) is 15.4 Å². The van der Waals surface area contributed by atoms with E-state index < -0.39 is 11.4 Å². The monoisotopic (exact) mass is 239 g/mol. The van der Waals surface area contributed by atoms with Crippen LogP contribution < -0.4 is 11.1 Å². The zero-order valence-corrected chi connectivity index (χ0v) is 10.2. The molecule has 1 heterocycles. The molecule has 0 aliphatic carbocycles. The second-order valence-electron chi connectivity index (χ2n) is 4.04. The first-order chi connectivity index (χ1) is 7.92. The van der Waals surface area contributed by atoms with Gasteiger partial charge in [0.2, 0.25) is 0 Å². The maximum atomic E-state index is 11.9. The van der Waals surface area contributed by atoms with Crippen molar-refractivity contribution in [1.82, 2.24) is 5.32 Å². The number of hydrogen-bond acceptors (Lipinski definition) is 4. The van der Waals surface area contributed by atoms with Crippen LogP contribution in [0.5, 0.6) is 0 Å². The number of hydrogen-bond donors (Lipinski definition) is 3. The van der Waals surface area contributed by atoms with Gasteiger partial charge < -0.3 is 20.7 Å². The van der Waals surface area contributed by atoms with Gasteiger partial charge in [0.1, 0.15) is 5.76 Å². The average Bonchev–Trinajstić information content (AvgIpc) is 2.74. The highest BCUT2D eigenvalue weighted by Crippen LogP contribution is 2.12. The molecule has 94 valence electrons. The zero-order chi connectivity index (χ0) is 13.1. The fraction of sp³-hybridized carbons (Fsp3) is 0.455. The highest BCUT2D eigenvalue weighted by Gasteiger charge is 2.30. The largest absolute Gasteiger partial charge is 0.456 e. The Kier molecular flexibility index (Phi) is 3.77. The van der Waals surface area contributed by atoms with Crippen molar-refractivity contribution in [3.05, 3.63) is 23.7 Å². The molecule has 1 rings (SSSR count). The summed E-state index contributed by atoms with van der Waals surface area (Å²) in [5.74, 6) is 0.413. The Bertz CT molecular complexity index is 439. The predicted octanol–water partition coefficient (Wildman–Crippen LogP) is 1.23. The van der Waals surface area contributed by atoms with E-state index in [1.807, 2.05) is 6.92 Å². The van der Waals surface area contributed by atoms with E-state index in [0.29, 0.717) is 12.2 Å². The van der Waals surface area contributed by atoms with Crippen molar-refractivity contribution in [3.8, 4) is 0 Å². The smallest absolute Gasteiger partial charge is 0.287 e. The minimum Gasteiger partial charge on any atom is -0.456 e. The Hall–Kier alpha value is -1.98. The predicted molar refractivity (Wildman–Crippen MR) is 63.0 cm³/mol. The SMILES string of the molecule is CCC(C)(NC(=O)c1ccc(C)o1)/C(N)=N/O. The Balaban J connectivity index is 2.86. The molecule has 0 bridgehead atoms. The van der Waals surface area contributed by atoms with Gasteiger partial charge in [-0.1, -0.05) is 12.1 Å². The second-order valence-corrected chi connectivity index (χ2v) is 4.04. The van der Waals surface area contributed by atoms with E-state index in [2.05, 4.69) is 10.5 Å². The van der Waals surface area contributed by atoms with E-state index in [9.17, 15) is 4.79 Å². The van der Waals surface area contributed by atoms with Gasteiger partial charge >= 0.3 is 0 Å². The van der Waals surface area contributed by atoms with E-state index in [1.54, 1.807) is 26.0 Å². The molecule has 4 N–H and O–H groups in total. The van der Waals surface area contributed by atoms with Gasteiger partial charge in [0.15, 0.2) is 11.6 Å². The van der Waals surface area contributed by atoms with Crippen molar-refractivity contribution >= 4 is 11.7 Å². The number of nitrogens with two attached hydrogens (primary N) is 1. The number of oxime groups is 1. The van der Waals surface area contributed by atoms with Gasteiger partial charge in [0.05, 0.1) is 5.54 Å². The van der Waals surface area contributed by atoms with Gasteiger partial charge in [-0.2, -0.15) is 0 Å². The number of aryl methyl sites for hydroxylation is 1. The first kappa shape index (κ1) is 13.1.